The number of rotatable bonds is 5. The molecule has 0 fully saturated rings. The van der Waals surface area contributed by atoms with E-state index in [0.717, 1.165) is 21.3 Å². The molecule has 0 bridgehead atoms. The average Bonchev–Trinajstić information content (AvgIpc) is 2.52. The Morgan fingerprint density at radius 2 is 1.95 bits per heavy atom. The molecule has 21 heavy (non-hydrogen) atoms. The molecule has 2 rings (SSSR count). The molecule has 0 saturated carbocycles. The molecule has 0 unspecified atom stereocenters. The van der Waals surface area contributed by atoms with E-state index in [4.69, 9.17) is 9.47 Å². The number of halogens is 1. The molecule has 4 nitrogen and oxygen atoms in total. The Hall–Kier alpha value is -2.01. The van der Waals surface area contributed by atoms with E-state index in [1.165, 1.54) is 0 Å². The highest BCUT2D eigenvalue weighted by Gasteiger charge is 2.06. The lowest BCUT2D eigenvalue weighted by Crippen LogP contribution is -2.23. The maximum Gasteiger partial charge on any atom is 0.407 e. The van der Waals surface area contributed by atoms with Crippen molar-refractivity contribution in [3.8, 4) is 5.75 Å². The SMILES string of the molecule is COc1ccc(CNC(=O)OCc2ccccc2)c(Br)c1. The molecule has 0 spiro atoms. The van der Waals surface area contributed by atoms with Crippen LogP contribution >= 0.6 is 15.9 Å². The third kappa shape index (κ3) is 4.79. The molecule has 0 aliphatic carbocycles. The van der Waals surface area contributed by atoms with Gasteiger partial charge in [0.1, 0.15) is 12.4 Å². The topological polar surface area (TPSA) is 47.6 Å². The standard InChI is InChI=1S/C16H16BrNO3/c1-20-14-8-7-13(15(17)9-14)10-18-16(19)21-11-12-5-3-2-4-6-12/h2-9H,10-11H2,1H3,(H,18,19). The van der Waals surface area contributed by atoms with E-state index in [0.29, 0.717) is 6.54 Å². The van der Waals surface area contributed by atoms with Gasteiger partial charge in [-0.3, -0.25) is 0 Å². The summed E-state index contributed by atoms with van der Waals surface area (Å²) < 4.78 is 11.1. The second-order valence-corrected chi connectivity index (χ2v) is 5.23. The number of alkyl carbamates (subject to hydrolysis) is 1. The zero-order valence-corrected chi connectivity index (χ0v) is 13.2. The number of carbonyl (C=O) groups is 1. The zero-order chi connectivity index (χ0) is 15.1. The Kier molecular flexibility index (Phi) is 5.63. The van der Waals surface area contributed by atoms with Gasteiger partial charge < -0.3 is 14.8 Å². The molecule has 2 aromatic rings. The maximum absolute atomic E-state index is 11.7. The van der Waals surface area contributed by atoms with Gasteiger partial charge in [0.15, 0.2) is 0 Å². The molecule has 1 amide bonds. The van der Waals surface area contributed by atoms with Crippen LogP contribution in [0, 0.1) is 0 Å². The number of methoxy groups -OCH3 is 1. The summed E-state index contributed by atoms with van der Waals surface area (Å²) in [5.74, 6) is 0.761. The molecule has 2 aromatic carbocycles. The fourth-order valence-corrected chi connectivity index (χ4v) is 2.24. The summed E-state index contributed by atoms with van der Waals surface area (Å²) in [4.78, 5) is 11.7. The molecule has 0 heterocycles. The highest BCUT2D eigenvalue weighted by atomic mass is 79.9. The first-order valence-corrected chi connectivity index (χ1v) is 7.25. The first kappa shape index (κ1) is 15.4. The van der Waals surface area contributed by atoms with Gasteiger partial charge in [-0.25, -0.2) is 4.79 Å². The van der Waals surface area contributed by atoms with Gasteiger partial charge in [-0.15, -0.1) is 0 Å². The van der Waals surface area contributed by atoms with Gasteiger partial charge >= 0.3 is 6.09 Å². The predicted octanol–water partition coefficient (Wildman–Crippen LogP) is 3.88. The summed E-state index contributed by atoms with van der Waals surface area (Å²) in [6.07, 6.45) is -0.443. The number of hydrogen-bond donors (Lipinski definition) is 1. The van der Waals surface area contributed by atoms with Gasteiger partial charge in [-0.05, 0) is 23.3 Å². The molecule has 0 aromatic heterocycles. The van der Waals surface area contributed by atoms with E-state index >= 15 is 0 Å². The Bertz CT molecular complexity index is 602. The summed E-state index contributed by atoms with van der Waals surface area (Å²) in [5.41, 5.74) is 1.91. The largest absolute Gasteiger partial charge is 0.497 e. The molecular weight excluding hydrogens is 334 g/mol. The monoisotopic (exact) mass is 349 g/mol. The van der Waals surface area contributed by atoms with Crippen molar-refractivity contribution in [3.05, 3.63) is 64.1 Å². The summed E-state index contributed by atoms with van der Waals surface area (Å²) in [5, 5.41) is 2.72. The third-order valence-corrected chi connectivity index (χ3v) is 3.63. The van der Waals surface area contributed by atoms with E-state index in [1.807, 2.05) is 48.5 Å². The Morgan fingerprint density at radius 3 is 2.62 bits per heavy atom. The minimum absolute atomic E-state index is 0.260. The number of hydrogen-bond acceptors (Lipinski definition) is 3. The molecule has 5 heteroatoms. The highest BCUT2D eigenvalue weighted by molar-refractivity contribution is 9.10. The summed E-state index contributed by atoms with van der Waals surface area (Å²) >= 11 is 3.44. The Balaban J connectivity index is 1.81. The predicted molar refractivity (Wildman–Crippen MR) is 84.2 cm³/mol. The molecule has 1 N–H and O–H groups in total. The number of amides is 1. The lowest BCUT2D eigenvalue weighted by atomic mass is 10.2. The lowest BCUT2D eigenvalue weighted by molar-refractivity contribution is 0.139. The van der Waals surface area contributed by atoms with Gasteiger partial charge in [-0.1, -0.05) is 52.3 Å². The minimum atomic E-state index is -0.443. The second-order valence-electron chi connectivity index (χ2n) is 4.37. The molecule has 0 radical (unpaired) electrons. The molecule has 0 aliphatic heterocycles. The Labute approximate surface area is 132 Å². The van der Waals surface area contributed by atoms with Gasteiger partial charge in [0, 0.05) is 11.0 Å². The Morgan fingerprint density at radius 1 is 1.19 bits per heavy atom. The third-order valence-electron chi connectivity index (χ3n) is 2.90. The summed E-state index contributed by atoms with van der Waals surface area (Å²) in [7, 11) is 1.61. The van der Waals surface area contributed by atoms with E-state index in [9.17, 15) is 4.79 Å². The molecular formula is C16H16BrNO3. The average molecular weight is 350 g/mol. The van der Waals surface area contributed by atoms with E-state index in [1.54, 1.807) is 7.11 Å². The van der Waals surface area contributed by atoms with Crippen molar-refractivity contribution in [2.75, 3.05) is 7.11 Å². The van der Waals surface area contributed by atoms with Gasteiger partial charge in [-0.2, -0.15) is 0 Å². The fraction of sp³-hybridized carbons (Fsp3) is 0.188. The highest BCUT2D eigenvalue weighted by Crippen LogP contribution is 2.22. The summed E-state index contributed by atoms with van der Waals surface area (Å²) in [6.45, 7) is 0.647. The van der Waals surface area contributed by atoms with Gasteiger partial charge in [0.05, 0.1) is 7.11 Å². The van der Waals surface area contributed by atoms with Gasteiger partial charge in [0.2, 0.25) is 0 Å². The number of ether oxygens (including phenoxy) is 2. The second kappa shape index (κ2) is 7.69. The van der Waals surface area contributed by atoms with Crippen molar-refractivity contribution in [1.29, 1.82) is 0 Å². The van der Waals surface area contributed by atoms with E-state index < -0.39 is 6.09 Å². The summed E-state index contributed by atoms with van der Waals surface area (Å²) in [6, 6.07) is 15.1. The molecule has 110 valence electrons. The number of nitrogens with one attached hydrogen (secondary N) is 1. The fourth-order valence-electron chi connectivity index (χ4n) is 1.74. The van der Waals surface area contributed by atoms with Crippen LogP contribution in [-0.4, -0.2) is 13.2 Å². The van der Waals surface area contributed by atoms with Crippen LogP contribution in [0.5, 0.6) is 5.75 Å². The van der Waals surface area contributed by atoms with Crippen molar-refractivity contribution in [3.63, 3.8) is 0 Å². The maximum atomic E-state index is 11.7. The van der Waals surface area contributed by atoms with E-state index in [2.05, 4.69) is 21.2 Å². The molecule has 0 aliphatic rings. The van der Waals surface area contributed by atoms with Crippen molar-refractivity contribution in [1.82, 2.24) is 5.32 Å². The van der Waals surface area contributed by atoms with Crippen LogP contribution < -0.4 is 10.1 Å². The lowest BCUT2D eigenvalue weighted by Gasteiger charge is -2.09. The molecule has 0 atom stereocenters. The van der Waals surface area contributed by atoms with Crippen LogP contribution in [0.2, 0.25) is 0 Å². The van der Waals surface area contributed by atoms with Crippen LogP contribution in [0.3, 0.4) is 0 Å². The van der Waals surface area contributed by atoms with Crippen molar-refractivity contribution >= 4 is 22.0 Å². The first-order valence-electron chi connectivity index (χ1n) is 6.46. The number of carbonyl (C=O) groups excluding carboxylic acids is 1. The number of benzene rings is 2. The minimum Gasteiger partial charge on any atom is -0.497 e. The van der Waals surface area contributed by atoms with Crippen molar-refractivity contribution in [2.24, 2.45) is 0 Å². The van der Waals surface area contributed by atoms with Crippen molar-refractivity contribution < 1.29 is 14.3 Å². The smallest absolute Gasteiger partial charge is 0.407 e. The normalized spacial score (nSPS) is 10.0. The van der Waals surface area contributed by atoms with Crippen LogP contribution in [0.4, 0.5) is 4.79 Å². The van der Waals surface area contributed by atoms with Crippen LogP contribution in [0.1, 0.15) is 11.1 Å². The quantitative estimate of drug-likeness (QED) is 0.890. The van der Waals surface area contributed by atoms with Crippen LogP contribution in [-0.2, 0) is 17.9 Å². The van der Waals surface area contributed by atoms with Gasteiger partial charge in [0.25, 0.3) is 0 Å². The zero-order valence-electron chi connectivity index (χ0n) is 11.6. The first-order chi connectivity index (χ1) is 10.2. The van der Waals surface area contributed by atoms with Crippen molar-refractivity contribution in [2.45, 2.75) is 13.2 Å². The molecule has 0 saturated heterocycles. The van der Waals surface area contributed by atoms with Crippen LogP contribution in [0.15, 0.2) is 53.0 Å². The van der Waals surface area contributed by atoms with Crippen LogP contribution in [0.25, 0.3) is 0 Å². The van der Waals surface area contributed by atoms with E-state index in [-0.39, 0.29) is 6.61 Å².